The van der Waals surface area contributed by atoms with Crippen molar-refractivity contribution >= 4 is 0 Å². The maximum Gasteiger partial charge on any atom is 0.331 e. The van der Waals surface area contributed by atoms with Gasteiger partial charge in [0.05, 0.1) is 33.9 Å². The van der Waals surface area contributed by atoms with E-state index in [1.807, 2.05) is 0 Å². The van der Waals surface area contributed by atoms with E-state index in [1.54, 1.807) is 12.1 Å². The summed E-state index contributed by atoms with van der Waals surface area (Å²) in [7, 11) is 4.44. The Morgan fingerprint density at radius 3 is 2.09 bits per heavy atom. The van der Waals surface area contributed by atoms with Crippen LogP contribution in [0.5, 0.6) is 23.1 Å². The molecule has 0 bridgehead atoms. The Balaban J connectivity index is 2.51. The molecule has 22 heavy (non-hydrogen) atoms. The first kappa shape index (κ1) is 15.5. The normalized spacial score (nSPS) is 10.3. The van der Waals surface area contributed by atoms with Gasteiger partial charge < -0.3 is 19.3 Å². The average molecular weight is 308 g/mol. The molecule has 0 atom stereocenters. The van der Waals surface area contributed by atoms with Crippen LogP contribution in [0.2, 0.25) is 0 Å². The van der Waals surface area contributed by atoms with E-state index in [4.69, 9.17) is 14.2 Å². The fourth-order valence-electron chi connectivity index (χ4n) is 2.07. The molecule has 0 aliphatic rings. The van der Waals surface area contributed by atoms with Gasteiger partial charge in [0.1, 0.15) is 0 Å². The molecule has 118 valence electrons. The minimum atomic E-state index is -0.709. The Morgan fingerprint density at radius 2 is 1.64 bits per heavy atom. The first-order chi connectivity index (χ1) is 10.5. The number of benzene rings is 1. The lowest BCUT2D eigenvalue weighted by Gasteiger charge is -2.15. The van der Waals surface area contributed by atoms with Gasteiger partial charge in [-0.3, -0.25) is 14.3 Å². The van der Waals surface area contributed by atoms with Gasteiger partial charge in [-0.05, 0) is 17.7 Å². The molecule has 2 rings (SSSR count). The largest absolute Gasteiger partial charge is 0.494 e. The number of nitrogens with zero attached hydrogens (tertiary/aromatic N) is 1. The fourth-order valence-corrected chi connectivity index (χ4v) is 2.07. The van der Waals surface area contributed by atoms with Crippen molar-refractivity contribution in [2.45, 2.75) is 6.54 Å². The molecule has 0 unspecified atom stereocenters. The number of aromatic hydroxyl groups is 1. The van der Waals surface area contributed by atoms with E-state index in [1.165, 1.54) is 21.3 Å². The molecule has 8 nitrogen and oxygen atoms in total. The Hall–Kier alpha value is -2.90. The lowest BCUT2D eigenvalue weighted by atomic mass is 10.1. The topological polar surface area (TPSA) is 103 Å². The molecule has 8 heteroatoms. The van der Waals surface area contributed by atoms with Crippen molar-refractivity contribution in [3.8, 4) is 23.1 Å². The molecule has 0 saturated carbocycles. The van der Waals surface area contributed by atoms with Crippen molar-refractivity contribution < 1.29 is 19.3 Å². The van der Waals surface area contributed by atoms with E-state index in [-0.39, 0.29) is 6.54 Å². The van der Waals surface area contributed by atoms with Crippen LogP contribution in [-0.2, 0) is 6.54 Å². The van der Waals surface area contributed by atoms with E-state index >= 15 is 0 Å². The molecule has 2 N–H and O–H groups in total. The van der Waals surface area contributed by atoms with Gasteiger partial charge in [-0.15, -0.1) is 0 Å². The van der Waals surface area contributed by atoms with Gasteiger partial charge in [-0.1, -0.05) is 0 Å². The summed E-state index contributed by atoms with van der Waals surface area (Å²) in [5, 5.41) is 9.74. The summed E-state index contributed by atoms with van der Waals surface area (Å²) in [4.78, 5) is 25.0. The lowest BCUT2D eigenvalue weighted by Crippen LogP contribution is -2.29. The number of methoxy groups -OCH3 is 3. The zero-order chi connectivity index (χ0) is 16.3. The molecule has 1 heterocycles. The van der Waals surface area contributed by atoms with Crippen LogP contribution in [0.4, 0.5) is 0 Å². The third kappa shape index (κ3) is 2.90. The Bertz CT molecular complexity index is 768. The van der Waals surface area contributed by atoms with Gasteiger partial charge >= 0.3 is 5.69 Å². The van der Waals surface area contributed by atoms with E-state index in [0.29, 0.717) is 22.8 Å². The van der Waals surface area contributed by atoms with Crippen LogP contribution in [0, 0.1) is 0 Å². The molecule has 0 aliphatic carbocycles. The van der Waals surface area contributed by atoms with Gasteiger partial charge in [0.2, 0.25) is 11.6 Å². The summed E-state index contributed by atoms with van der Waals surface area (Å²) < 4.78 is 16.7. The number of hydrogen-bond donors (Lipinski definition) is 2. The van der Waals surface area contributed by atoms with E-state index in [0.717, 1.165) is 10.6 Å². The lowest BCUT2D eigenvalue weighted by molar-refractivity contribution is 0.323. The monoisotopic (exact) mass is 308 g/mol. The maximum atomic E-state index is 11.8. The smallest absolute Gasteiger partial charge is 0.331 e. The third-order valence-electron chi connectivity index (χ3n) is 3.08. The predicted octanol–water partition coefficient (Wildman–Crippen LogP) is 0.316. The molecular weight excluding hydrogens is 292 g/mol. The first-order valence-electron chi connectivity index (χ1n) is 6.32. The highest BCUT2D eigenvalue weighted by atomic mass is 16.5. The summed E-state index contributed by atoms with van der Waals surface area (Å²) in [5.41, 5.74) is -0.749. The molecule has 0 radical (unpaired) electrons. The number of rotatable bonds is 5. The first-order valence-corrected chi connectivity index (χ1v) is 6.32. The van der Waals surface area contributed by atoms with E-state index < -0.39 is 17.1 Å². The van der Waals surface area contributed by atoms with Crippen molar-refractivity contribution in [3.63, 3.8) is 0 Å². The SMILES string of the molecule is COc1cc(Cn2c(O)cc(=O)[nH]c2=O)cc(OC)c1OC. The van der Waals surface area contributed by atoms with E-state index in [9.17, 15) is 14.7 Å². The second kappa shape index (κ2) is 6.25. The van der Waals surface area contributed by atoms with E-state index in [2.05, 4.69) is 4.98 Å². The third-order valence-corrected chi connectivity index (χ3v) is 3.08. The van der Waals surface area contributed by atoms with Gasteiger partial charge in [-0.2, -0.15) is 0 Å². The van der Waals surface area contributed by atoms with Gasteiger partial charge in [0.25, 0.3) is 5.56 Å². The van der Waals surface area contributed by atoms with Crippen LogP contribution in [0.1, 0.15) is 5.56 Å². The number of H-pyrrole nitrogens is 1. The molecular formula is C14H16N2O6. The molecule has 0 fully saturated rings. The number of ether oxygens (including phenoxy) is 3. The second-order valence-electron chi connectivity index (χ2n) is 4.42. The highest BCUT2D eigenvalue weighted by Gasteiger charge is 2.14. The van der Waals surface area contributed by atoms with Crippen molar-refractivity contribution in [2.75, 3.05) is 21.3 Å². The van der Waals surface area contributed by atoms with Crippen LogP contribution < -0.4 is 25.5 Å². The van der Waals surface area contributed by atoms with Gasteiger partial charge in [0, 0.05) is 0 Å². The molecule has 1 aromatic carbocycles. The van der Waals surface area contributed by atoms with Crippen LogP contribution in [-0.4, -0.2) is 36.0 Å². The number of nitrogens with one attached hydrogen (secondary N) is 1. The molecule has 2 aromatic rings. The van der Waals surface area contributed by atoms with Crippen molar-refractivity contribution in [1.82, 2.24) is 9.55 Å². The van der Waals surface area contributed by atoms with Gasteiger partial charge in [0.15, 0.2) is 11.5 Å². The number of aromatic nitrogens is 2. The number of hydrogen-bond acceptors (Lipinski definition) is 6. The quantitative estimate of drug-likeness (QED) is 0.824. The zero-order valence-electron chi connectivity index (χ0n) is 12.4. The summed E-state index contributed by atoms with van der Waals surface area (Å²) in [6.07, 6.45) is 0. The zero-order valence-corrected chi connectivity index (χ0v) is 12.4. The predicted molar refractivity (Wildman–Crippen MR) is 78.2 cm³/mol. The highest BCUT2D eigenvalue weighted by Crippen LogP contribution is 2.38. The molecule has 0 saturated heterocycles. The Morgan fingerprint density at radius 1 is 1.05 bits per heavy atom. The molecule has 0 aliphatic heterocycles. The van der Waals surface area contributed by atoms with Crippen LogP contribution in [0.3, 0.4) is 0 Å². The van der Waals surface area contributed by atoms with Crippen LogP contribution in [0.25, 0.3) is 0 Å². The molecule has 1 aromatic heterocycles. The average Bonchev–Trinajstić information content (AvgIpc) is 2.49. The van der Waals surface area contributed by atoms with Crippen molar-refractivity contribution in [1.29, 1.82) is 0 Å². The summed E-state index contributed by atoms with van der Waals surface area (Å²) in [5.74, 6) is 0.844. The molecule has 0 spiro atoms. The second-order valence-corrected chi connectivity index (χ2v) is 4.42. The van der Waals surface area contributed by atoms with Crippen LogP contribution >= 0.6 is 0 Å². The standard InChI is InChI=1S/C14H16N2O6/c1-20-9-4-8(5-10(21-2)13(9)22-3)7-16-12(18)6-11(17)15-14(16)19/h4-6,18H,7H2,1-3H3,(H,15,17,19). The minimum Gasteiger partial charge on any atom is -0.494 e. The van der Waals surface area contributed by atoms with Gasteiger partial charge in [-0.25, -0.2) is 4.79 Å². The Kier molecular flexibility index (Phi) is 4.40. The van der Waals surface area contributed by atoms with Crippen LogP contribution in [0.15, 0.2) is 27.8 Å². The highest BCUT2D eigenvalue weighted by molar-refractivity contribution is 5.53. The Labute approximate surface area is 125 Å². The van der Waals surface area contributed by atoms with Crippen molar-refractivity contribution in [2.24, 2.45) is 0 Å². The summed E-state index contributed by atoms with van der Waals surface area (Å²) in [6.45, 7) is 0.0260. The minimum absolute atomic E-state index is 0.0260. The van der Waals surface area contributed by atoms with Crippen molar-refractivity contribution in [3.05, 3.63) is 44.6 Å². The molecule has 0 amide bonds. The fraction of sp³-hybridized carbons (Fsp3) is 0.286. The summed E-state index contributed by atoms with van der Waals surface area (Å²) in [6, 6.07) is 4.23. The maximum absolute atomic E-state index is 11.8. The summed E-state index contributed by atoms with van der Waals surface area (Å²) >= 11 is 0. The number of aromatic amines is 1.